The molecule has 0 spiro atoms. The molecule has 16 heteroatoms. The Morgan fingerprint density at radius 1 is 0.738 bits per heavy atom. The number of rotatable bonds is 10. The lowest BCUT2D eigenvalue weighted by Gasteiger charge is -2.30. The molecule has 0 unspecified atom stereocenters. The number of carbonyl (C=O) groups is 4. The third-order valence-electron chi connectivity index (χ3n) is 11.9. The zero-order chi connectivity index (χ0) is 43.2. The number of amides is 4. The highest BCUT2D eigenvalue weighted by Crippen LogP contribution is 2.37. The number of likely N-dealkylation sites (tertiary alicyclic amines) is 2. The number of imidazole rings is 2. The second-order valence-corrected chi connectivity index (χ2v) is 16.7. The molecule has 7 rings (SSSR count). The van der Waals surface area contributed by atoms with Crippen LogP contribution in [0.1, 0.15) is 89.2 Å². The largest absolute Gasteiger partial charge is 0.453 e. The number of hydrogen-bond acceptors (Lipinski definition) is 10. The van der Waals surface area contributed by atoms with E-state index in [1.165, 1.54) is 14.2 Å². The first kappa shape index (κ1) is 43.4. The van der Waals surface area contributed by atoms with Crippen LogP contribution in [0.25, 0.3) is 33.6 Å². The van der Waals surface area contributed by atoms with Crippen molar-refractivity contribution in [3.05, 3.63) is 72.1 Å². The molecule has 5 heterocycles. The SMILES string of the molecule is COC(=O)N[C@H](C(=O)N1CCC[C@H]1c1ncc(-c2ccc(-c3ccc(-c4[nH]c5nc4COCCCCO[C@H]4C[C@@H]5N(C(=O)[C@@H](NC(=O)OC)C(C)C)C4)cc3)cc2)[nH]1)C(C)C. The zero-order valence-electron chi connectivity index (χ0n) is 35.9. The summed E-state index contributed by atoms with van der Waals surface area (Å²) in [6.07, 6.45) is 4.22. The smallest absolute Gasteiger partial charge is 0.407 e. The molecule has 3 aliphatic heterocycles. The van der Waals surface area contributed by atoms with E-state index in [1.807, 2.05) is 27.7 Å². The number of fused-ring (bicyclic) bond motifs is 5. The van der Waals surface area contributed by atoms with Gasteiger partial charge in [-0.25, -0.2) is 19.6 Å². The van der Waals surface area contributed by atoms with E-state index < -0.39 is 24.3 Å². The van der Waals surface area contributed by atoms with E-state index in [0.717, 1.165) is 65.0 Å². The Labute approximate surface area is 356 Å². The monoisotopic (exact) mass is 838 g/mol. The van der Waals surface area contributed by atoms with Gasteiger partial charge in [0.05, 0.1) is 62.3 Å². The van der Waals surface area contributed by atoms with Crippen LogP contribution in [0.15, 0.2) is 54.7 Å². The molecule has 16 nitrogen and oxygen atoms in total. The van der Waals surface area contributed by atoms with Gasteiger partial charge in [-0.1, -0.05) is 76.2 Å². The second kappa shape index (κ2) is 19.3. The van der Waals surface area contributed by atoms with E-state index in [-0.39, 0.29) is 41.8 Å². The molecule has 0 aliphatic carbocycles. The molecule has 5 atom stereocenters. The van der Waals surface area contributed by atoms with Gasteiger partial charge in [-0.05, 0) is 59.8 Å². The van der Waals surface area contributed by atoms with Gasteiger partial charge in [0.15, 0.2) is 0 Å². The van der Waals surface area contributed by atoms with Gasteiger partial charge >= 0.3 is 12.2 Å². The molecule has 0 radical (unpaired) electrons. The quantitative estimate of drug-likeness (QED) is 0.137. The van der Waals surface area contributed by atoms with E-state index in [0.29, 0.717) is 51.0 Å². The average Bonchev–Trinajstić information content (AvgIpc) is 4.10. The summed E-state index contributed by atoms with van der Waals surface area (Å²) in [5, 5.41) is 5.43. The molecule has 0 saturated carbocycles. The summed E-state index contributed by atoms with van der Waals surface area (Å²) in [5.41, 5.74) is 6.41. The van der Waals surface area contributed by atoms with E-state index in [2.05, 4.69) is 69.1 Å². The van der Waals surface area contributed by atoms with Crippen molar-refractivity contribution in [2.45, 2.75) is 96.7 Å². The van der Waals surface area contributed by atoms with Crippen molar-refractivity contribution in [1.82, 2.24) is 40.4 Å². The van der Waals surface area contributed by atoms with Crippen molar-refractivity contribution in [2.75, 3.05) is 40.5 Å². The van der Waals surface area contributed by atoms with Crippen molar-refractivity contribution in [1.29, 1.82) is 0 Å². The first-order valence-electron chi connectivity index (χ1n) is 21.3. The summed E-state index contributed by atoms with van der Waals surface area (Å²) in [5.74, 6) is 0.727. The van der Waals surface area contributed by atoms with Crippen LogP contribution in [-0.2, 0) is 35.1 Å². The standard InChI is InChI=1S/C45H58N8O8/c1-26(2)37(50-44(56)58-5)42(54)52-19-9-10-35(52)40-46-23-33(47-40)30-15-11-28(12-16-30)29-13-17-31(18-14-29)39-34-25-60-20-7-8-21-61-32-22-36(41(48-34)49-39)53(24-32)43(55)38(27(3)4)51-45(57)59-6/h11-18,23,26-27,32,35-38H,7-10,19-22,24-25H2,1-6H3,(H,46,47)(H,48,49)(H,50,56)(H,51,57)/t32-,35-,36-,37-,38-/m0/s1. The van der Waals surface area contributed by atoms with Crippen molar-refractivity contribution in [3.8, 4) is 33.6 Å². The number of aromatic amines is 2. The van der Waals surface area contributed by atoms with Crippen molar-refractivity contribution < 1.29 is 38.1 Å². The van der Waals surface area contributed by atoms with Crippen LogP contribution in [0.5, 0.6) is 0 Å². The van der Waals surface area contributed by atoms with E-state index in [9.17, 15) is 19.2 Å². The Balaban J connectivity index is 1.08. The Hall–Kier alpha value is -5.74. The van der Waals surface area contributed by atoms with Gasteiger partial charge in [-0.2, -0.15) is 0 Å². The van der Waals surface area contributed by atoms with Gasteiger partial charge < -0.3 is 49.3 Å². The molecular weight excluding hydrogens is 781 g/mol. The summed E-state index contributed by atoms with van der Waals surface area (Å²) in [6.45, 7) is 10.0. The minimum Gasteiger partial charge on any atom is -0.453 e. The molecule has 326 valence electrons. The van der Waals surface area contributed by atoms with Gasteiger partial charge in [0, 0.05) is 32.7 Å². The highest BCUT2D eigenvalue weighted by atomic mass is 16.5. The summed E-state index contributed by atoms with van der Waals surface area (Å²) in [6, 6.07) is 14.4. The van der Waals surface area contributed by atoms with Gasteiger partial charge in [0.1, 0.15) is 23.7 Å². The third-order valence-corrected chi connectivity index (χ3v) is 11.9. The molecule has 3 aliphatic rings. The predicted molar refractivity (Wildman–Crippen MR) is 227 cm³/mol. The van der Waals surface area contributed by atoms with Gasteiger partial charge in [-0.15, -0.1) is 0 Å². The van der Waals surface area contributed by atoms with Crippen molar-refractivity contribution in [3.63, 3.8) is 0 Å². The fourth-order valence-corrected chi connectivity index (χ4v) is 8.47. The fraction of sp³-hybridized carbons (Fsp3) is 0.511. The number of carbonyl (C=O) groups excluding carboxylic acids is 4. The molecule has 4 bridgehead atoms. The first-order valence-corrected chi connectivity index (χ1v) is 21.3. The maximum absolute atomic E-state index is 14.1. The maximum Gasteiger partial charge on any atom is 0.407 e. The number of nitrogens with one attached hydrogen (secondary N) is 4. The number of benzene rings is 2. The number of H-pyrrole nitrogens is 2. The molecular formula is C45H58N8O8. The highest BCUT2D eigenvalue weighted by Gasteiger charge is 2.43. The second-order valence-electron chi connectivity index (χ2n) is 16.7. The van der Waals surface area contributed by atoms with Crippen LogP contribution < -0.4 is 10.6 Å². The minimum absolute atomic E-state index is 0.114. The van der Waals surface area contributed by atoms with Crippen LogP contribution in [-0.4, -0.2) is 112 Å². The Bertz CT molecular complexity index is 2150. The Kier molecular flexibility index (Phi) is 13.7. The molecule has 2 fully saturated rings. The van der Waals surface area contributed by atoms with Gasteiger partial charge in [0.25, 0.3) is 0 Å². The maximum atomic E-state index is 14.1. The molecule has 61 heavy (non-hydrogen) atoms. The molecule has 4 N–H and O–H groups in total. The normalized spacial score (nSPS) is 20.4. The number of ether oxygens (including phenoxy) is 4. The Morgan fingerprint density at radius 3 is 1.95 bits per heavy atom. The Morgan fingerprint density at radius 2 is 1.33 bits per heavy atom. The third kappa shape index (κ3) is 9.75. The number of alkyl carbamates (subject to hydrolysis) is 2. The summed E-state index contributed by atoms with van der Waals surface area (Å²) in [4.78, 5) is 72.2. The minimum atomic E-state index is -0.773. The number of hydrogen-bond donors (Lipinski definition) is 4. The highest BCUT2D eigenvalue weighted by molar-refractivity contribution is 5.87. The van der Waals surface area contributed by atoms with Crippen molar-refractivity contribution >= 4 is 24.0 Å². The fourth-order valence-electron chi connectivity index (χ4n) is 8.47. The van der Waals surface area contributed by atoms with Crippen LogP contribution in [0.2, 0.25) is 0 Å². The molecule has 4 amide bonds. The first-order chi connectivity index (χ1) is 29.4. The number of aromatic nitrogens is 4. The predicted octanol–water partition coefficient (Wildman–Crippen LogP) is 6.53. The van der Waals surface area contributed by atoms with Crippen LogP contribution in [0.4, 0.5) is 9.59 Å². The van der Waals surface area contributed by atoms with Gasteiger partial charge in [0.2, 0.25) is 11.8 Å². The lowest BCUT2D eigenvalue weighted by atomic mass is 10.0. The number of nitrogens with zero attached hydrogens (tertiary/aromatic N) is 4. The summed E-state index contributed by atoms with van der Waals surface area (Å²) in [7, 11) is 2.57. The van der Waals surface area contributed by atoms with Crippen LogP contribution >= 0.6 is 0 Å². The van der Waals surface area contributed by atoms with Gasteiger partial charge in [-0.3, -0.25) is 9.59 Å². The molecule has 4 aromatic rings. The zero-order valence-corrected chi connectivity index (χ0v) is 35.9. The topological polar surface area (TPSA) is 193 Å². The van der Waals surface area contributed by atoms with Crippen LogP contribution in [0.3, 0.4) is 0 Å². The molecule has 2 saturated heterocycles. The van der Waals surface area contributed by atoms with Crippen LogP contribution in [0, 0.1) is 11.8 Å². The summed E-state index contributed by atoms with van der Waals surface area (Å²) < 4.78 is 21.9. The summed E-state index contributed by atoms with van der Waals surface area (Å²) >= 11 is 0. The lowest BCUT2D eigenvalue weighted by Crippen LogP contribution is -2.51. The number of methoxy groups -OCH3 is 2. The molecule has 2 aromatic heterocycles. The lowest BCUT2D eigenvalue weighted by molar-refractivity contribution is -0.136. The van der Waals surface area contributed by atoms with E-state index >= 15 is 0 Å². The van der Waals surface area contributed by atoms with E-state index in [1.54, 1.807) is 16.0 Å². The van der Waals surface area contributed by atoms with Crippen molar-refractivity contribution in [2.24, 2.45) is 11.8 Å². The van der Waals surface area contributed by atoms with E-state index in [4.69, 9.17) is 28.9 Å². The average molecular weight is 839 g/mol. The molecule has 2 aromatic carbocycles.